The average Bonchev–Trinajstić information content (AvgIpc) is 2.53. The Bertz CT molecular complexity index is 712. The van der Waals surface area contributed by atoms with Crippen LogP contribution < -0.4 is 10.6 Å². The standard InChI is InChI=1S/C18H22N4O4/c1-11(2)25-17(23)21-13-5-7-19-15(9-13)16-10-14(6-8-20-16)22-18(24)26-12(3)4/h5-12H,1-4H3,(H,19,21,23)(H,20,22,24). The van der Waals surface area contributed by atoms with Crippen LogP contribution in [0.2, 0.25) is 0 Å². The van der Waals surface area contributed by atoms with Gasteiger partial charge in [-0.05, 0) is 52.0 Å². The SMILES string of the molecule is CC(C)OC(=O)Nc1ccnc(-c2cc(NC(=O)OC(C)C)ccn2)c1. The Hall–Kier alpha value is -3.16. The first-order valence-corrected chi connectivity index (χ1v) is 8.21. The summed E-state index contributed by atoms with van der Waals surface area (Å²) in [5.74, 6) is 0. The molecule has 8 heteroatoms. The molecule has 0 saturated carbocycles. The Kier molecular flexibility index (Phi) is 6.48. The summed E-state index contributed by atoms with van der Waals surface area (Å²) in [5.41, 5.74) is 2.13. The van der Waals surface area contributed by atoms with Crippen LogP contribution in [-0.2, 0) is 9.47 Å². The zero-order chi connectivity index (χ0) is 19.1. The molecule has 2 N–H and O–H groups in total. The van der Waals surface area contributed by atoms with Crippen molar-refractivity contribution in [3.05, 3.63) is 36.7 Å². The fourth-order valence-electron chi connectivity index (χ4n) is 2.02. The van der Waals surface area contributed by atoms with Crippen molar-refractivity contribution in [2.75, 3.05) is 10.6 Å². The number of rotatable bonds is 5. The molecule has 0 saturated heterocycles. The maximum absolute atomic E-state index is 11.7. The van der Waals surface area contributed by atoms with Crippen LogP contribution in [0.1, 0.15) is 27.7 Å². The van der Waals surface area contributed by atoms with E-state index in [-0.39, 0.29) is 12.2 Å². The second-order valence-corrected chi connectivity index (χ2v) is 6.02. The molecule has 0 aliphatic carbocycles. The van der Waals surface area contributed by atoms with E-state index >= 15 is 0 Å². The molecule has 2 amide bonds. The quantitative estimate of drug-likeness (QED) is 0.835. The first-order valence-electron chi connectivity index (χ1n) is 8.21. The molecule has 2 rings (SSSR count). The van der Waals surface area contributed by atoms with Crippen molar-refractivity contribution in [3.8, 4) is 11.4 Å². The number of pyridine rings is 2. The summed E-state index contributed by atoms with van der Waals surface area (Å²) in [4.78, 5) is 31.9. The van der Waals surface area contributed by atoms with E-state index in [1.165, 1.54) is 0 Å². The third-order valence-electron chi connectivity index (χ3n) is 2.96. The minimum absolute atomic E-state index is 0.216. The molecular weight excluding hydrogens is 336 g/mol. The van der Waals surface area contributed by atoms with E-state index in [0.717, 1.165) is 0 Å². The van der Waals surface area contributed by atoms with Gasteiger partial charge in [0.25, 0.3) is 0 Å². The number of anilines is 2. The molecule has 0 fully saturated rings. The number of carbonyl (C=O) groups is 2. The van der Waals surface area contributed by atoms with Gasteiger partial charge < -0.3 is 9.47 Å². The smallest absolute Gasteiger partial charge is 0.411 e. The lowest BCUT2D eigenvalue weighted by atomic mass is 10.2. The highest BCUT2D eigenvalue weighted by molar-refractivity contribution is 5.86. The first kappa shape index (κ1) is 19.2. The maximum Gasteiger partial charge on any atom is 0.411 e. The van der Waals surface area contributed by atoms with Gasteiger partial charge in [0.15, 0.2) is 0 Å². The van der Waals surface area contributed by atoms with Crippen molar-refractivity contribution in [2.45, 2.75) is 39.9 Å². The molecule has 0 spiro atoms. The second-order valence-electron chi connectivity index (χ2n) is 6.02. The molecule has 0 atom stereocenters. The van der Waals surface area contributed by atoms with Crippen molar-refractivity contribution < 1.29 is 19.1 Å². The molecule has 0 aromatic carbocycles. The lowest BCUT2D eigenvalue weighted by Gasteiger charge is -2.11. The van der Waals surface area contributed by atoms with E-state index in [1.54, 1.807) is 64.4 Å². The Morgan fingerprint density at radius 2 is 1.19 bits per heavy atom. The van der Waals surface area contributed by atoms with Crippen molar-refractivity contribution in [1.29, 1.82) is 0 Å². The van der Waals surface area contributed by atoms with Gasteiger partial charge >= 0.3 is 12.2 Å². The number of nitrogens with zero attached hydrogens (tertiary/aromatic N) is 2. The summed E-state index contributed by atoms with van der Waals surface area (Å²) in [6.07, 6.45) is 1.58. The van der Waals surface area contributed by atoms with Crippen molar-refractivity contribution in [1.82, 2.24) is 9.97 Å². The monoisotopic (exact) mass is 358 g/mol. The van der Waals surface area contributed by atoms with Crippen LogP contribution in [0.4, 0.5) is 21.0 Å². The molecule has 8 nitrogen and oxygen atoms in total. The van der Waals surface area contributed by atoms with Gasteiger partial charge in [-0.3, -0.25) is 20.6 Å². The third kappa shape index (κ3) is 6.04. The highest BCUT2D eigenvalue weighted by Gasteiger charge is 2.10. The molecule has 26 heavy (non-hydrogen) atoms. The van der Waals surface area contributed by atoms with E-state index in [4.69, 9.17) is 9.47 Å². The number of ether oxygens (including phenoxy) is 2. The summed E-state index contributed by atoms with van der Waals surface area (Å²) >= 11 is 0. The maximum atomic E-state index is 11.7. The Morgan fingerprint density at radius 1 is 0.808 bits per heavy atom. The van der Waals surface area contributed by atoms with Crippen LogP contribution in [0.3, 0.4) is 0 Å². The molecule has 0 aliphatic heterocycles. The van der Waals surface area contributed by atoms with Gasteiger partial charge in [0.05, 0.1) is 23.6 Å². The lowest BCUT2D eigenvalue weighted by Crippen LogP contribution is -2.18. The highest BCUT2D eigenvalue weighted by Crippen LogP contribution is 2.21. The molecule has 0 unspecified atom stereocenters. The van der Waals surface area contributed by atoms with Crippen LogP contribution in [0, 0.1) is 0 Å². The third-order valence-corrected chi connectivity index (χ3v) is 2.96. The number of hydrogen-bond acceptors (Lipinski definition) is 6. The van der Waals surface area contributed by atoms with Gasteiger partial charge in [-0.2, -0.15) is 0 Å². The van der Waals surface area contributed by atoms with Gasteiger partial charge in [0.2, 0.25) is 0 Å². The molecule has 2 aromatic rings. The van der Waals surface area contributed by atoms with Gasteiger partial charge in [-0.15, -0.1) is 0 Å². The summed E-state index contributed by atoms with van der Waals surface area (Å²) in [5, 5.41) is 5.27. The van der Waals surface area contributed by atoms with Crippen LogP contribution in [0.25, 0.3) is 11.4 Å². The molecule has 0 aliphatic rings. The normalized spacial score (nSPS) is 10.5. The van der Waals surface area contributed by atoms with Gasteiger partial charge in [-0.25, -0.2) is 9.59 Å². The van der Waals surface area contributed by atoms with Crippen molar-refractivity contribution in [2.24, 2.45) is 0 Å². The molecule has 138 valence electrons. The second kappa shape index (κ2) is 8.80. The molecule has 2 aromatic heterocycles. The van der Waals surface area contributed by atoms with Gasteiger partial charge in [0, 0.05) is 23.8 Å². The lowest BCUT2D eigenvalue weighted by molar-refractivity contribution is 0.129. The van der Waals surface area contributed by atoms with E-state index in [2.05, 4.69) is 20.6 Å². The number of aromatic nitrogens is 2. The fourth-order valence-corrected chi connectivity index (χ4v) is 2.02. The Labute approximate surface area is 151 Å². The summed E-state index contributed by atoms with van der Waals surface area (Å²) < 4.78 is 10.1. The molecule has 0 radical (unpaired) electrons. The highest BCUT2D eigenvalue weighted by atomic mass is 16.6. The Balaban J connectivity index is 2.13. The number of nitrogens with one attached hydrogen (secondary N) is 2. The summed E-state index contributed by atoms with van der Waals surface area (Å²) in [6, 6.07) is 6.63. The Morgan fingerprint density at radius 3 is 1.54 bits per heavy atom. The predicted molar refractivity (Wildman–Crippen MR) is 97.9 cm³/mol. The summed E-state index contributed by atoms with van der Waals surface area (Å²) in [7, 11) is 0. The number of carbonyl (C=O) groups excluding carboxylic acids is 2. The van der Waals surface area contributed by atoms with Crippen molar-refractivity contribution >= 4 is 23.6 Å². The van der Waals surface area contributed by atoms with Gasteiger partial charge in [-0.1, -0.05) is 0 Å². The zero-order valence-electron chi connectivity index (χ0n) is 15.1. The van der Waals surface area contributed by atoms with E-state index in [0.29, 0.717) is 22.8 Å². The average molecular weight is 358 g/mol. The van der Waals surface area contributed by atoms with Crippen LogP contribution in [0.15, 0.2) is 36.7 Å². The summed E-state index contributed by atoms with van der Waals surface area (Å²) in [6.45, 7) is 7.07. The molecule has 0 bridgehead atoms. The van der Waals surface area contributed by atoms with Crippen molar-refractivity contribution in [3.63, 3.8) is 0 Å². The molecule has 2 heterocycles. The number of amides is 2. The minimum atomic E-state index is -0.544. The van der Waals surface area contributed by atoms with Crippen LogP contribution in [0.5, 0.6) is 0 Å². The van der Waals surface area contributed by atoms with E-state index < -0.39 is 12.2 Å². The number of hydrogen-bond donors (Lipinski definition) is 2. The first-order chi connectivity index (χ1) is 12.3. The fraction of sp³-hybridized carbons (Fsp3) is 0.333. The van der Waals surface area contributed by atoms with Crippen LogP contribution >= 0.6 is 0 Å². The van der Waals surface area contributed by atoms with E-state index in [1.807, 2.05) is 0 Å². The molecular formula is C18H22N4O4. The van der Waals surface area contributed by atoms with E-state index in [9.17, 15) is 9.59 Å². The zero-order valence-corrected chi connectivity index (χ0v) is 15.1. The van der Waals surface area contributed by atoms with Crippen LogP contribution in [-0.4, -0.2) is 34.4 Å². The topological polar surface area (TPSA) is 102 Å². The minimum Gasteiger partial charge on any atom is -0.447 e. The predicted octanol–water partition coefficient (Wildman–Crippen LogP) is 4.06. The van der Waals surface area contributed by atoms with Gasteiger partial charge in [0.1, 0.15) is 0 Å². The largest absolute Gasteiger partial charge is 0.447 e.